The number of hydrogen-bond donors (Lipinski definition) is 1. The van der Waals surface area contributed by atoms with Crippen LogP contribution in [-0.2, 0) is 6.42 Å². The molecule has 1 heterocycles. The van der Waals surface area contributed by atoms with E-state index in [0.717, 1.165) is 6.54 Å². The molecule has 0 amide bonds. The van der Waals surface area contributed by atoms with Crippen LogP contribution >= 0.6 is 27.3 Å². The van der Waals surface area contributed by atoms with Gasteiger partial charge in [-0.05, 0) is 73.3 Å². The summed E-state index contributed by atoms with van der Waals surface area (Å²) in [5.74, 6) is 0. The van der Waals surface area contributed by atoms with Gasteiger partial charge in [0.25, 0.3) is 0 Å². The van der Waals surface area contributed by atoms with Crippen LogP contribution in [0.15, 0.2) is 9.85 Å². The van der Waals surface area contributed by atoms with Gasteiger partial charge in [0, 0.05) is 4.88 Å². The molecule has 1 aromatic rings. The molecule has 0 unspecified atom stereocenters. The SMILES string of the molecule is CCCNCCCCc1cc(C)c(Br)s1. The molecule has 0 spiro atoms. The number of nitrogens with one attached hydrogen (secondary N) is 1. The number of halogens is 1. The Balaban J connectivity index is 2.10. The lowest BCUT2D eigenvalue weighted by atomic mass is 10.2. The highest BCUT2D eigenvalue weighted by Gasteiger charge is 2.01. The molecular weight excluding hydrogens is 270 g/mol. The largest absolute Gasteiger partial charge is 0.317 e. The number of hydrogen-bond acceptors (Lipinski definition) is 2. The Morgan fingerprint density at radius 1 is 1.33 bits per heavy atom. The van der Waals surface area contributed by atoms with Gasteiger partial charge in [-0.3, -0.25) is 0 Å². The Morgan fingerprint density at radius 2 is 2.13 bits per heavy atom. The molecule has 0 radical (unpaired) electrons. The summed E-state index contributed by atoms with van der Waals surface area (Å²) in [6.45, 7) is 6.69. The predicted octanol–water partition coefficient (Wildman–Crippen LogP) is 4.14. The van der Waals surface area contributed by atoms with E-state index >= 15 is 0 Å². The van der Waals surface area contributed by atoms with Crippen molar-refractivity contribution >= 4 is 27.3 Å². The van der Waals surface area contributed by atoms with E-state index in [1.54, 1.807) is 0 Å². The van der Waals surface area contributed by atoms with Crippen LogP contribution in [0.5, 0.6) is 0 Å². The molecule has 0 fully saturated rings. The first-order valence-corrected chi connectivity index (χ1v) is 7.30. The molecule has 15 heavy (non-hydrogen) atoms. The molecule has 0 bridgehead atoms. The van der Waals surface area contributed by atoms with Gasteiger partial charge in [-0.2, -0.15) is 0 Å². The van der Waals surface area contributed by atoms with E-state index in [9.17, 15) is 0 Å². The van der Waals surface area contributed by atoms with Gasteiger partial charge >= 0.3 is 0 Å². The first-order chi connectivity index (χ1) is 7.24. The maximum Gasteiger partial charge on any atom is 0.0730 e. The van der Waals surface area contributed by atoms with Crippen LogP contribution in [0.2, 0.25) is 0 Å². The quantitative estimate of drug-likeness (QED) is 0.744. The Labute approximate surface area is 105 Å². The molecule has 1 aromatic heterocycles. The average Bonchev–Trinajstić information content (AvgIpc) is 2.52. The van der Waals surface area contributed by atoms with Crippen molar-refractivity contribution in [1.82, 2.24) is 5.32 Å². The summed E-state index contributed by atoms with van der Waals surface area (Å²) < 4.78 is 1.29. The standard InChI is InChI=1S/C12H20BrNS/c1-3-7-14-8-5-4-6-11-9-10(2)12(13)15-11/h9,14H,3-8H2,1-2H3. The maximum absolute atomic E-state index is 3.57. The highest BCUT2D eigenvalue weighted by Crippen LogP contribution is 2.28. The summed E-state index contributed by atoms with van der Waals surface area (Å²) in [5.41, 5.74) is 1.37. The van der Waals surface area contributed by atoms with Crippen LogP contribution in [0.25, 0.3) is 0 Å². The second-order valence-corrected chi connectivity index (χ2v) is 6.33. The maximum atomic E-state index is 3.57. The van der Waals surface area contributed by atoms with Gasteiger partial charge in [0.2, 0.25) is 0 Å². The second kappa shape index (κ2) is 7.42. The molecule has 1 nitrogen and oxygen atoms in total. The van der Waals surface area contributed by atoms with Crippen molar-refractivity contribution < 1.29 is 0 Å². The molecule has 0 saturated carbocycles. The molecular formula is C12H20BrNS. The fraction of sp³-hybridized carbons (Fsp3) is 0.667. The van der Waals surface area contributed by atoms with Crippen molar-refractivity contribution in [2.75, 3.05) is 13.1 Å². The highest BCUT2D eigenvalue weighted by molar-refractivity contribution is 9.11. The first kappa shape index (κ1) is 13.2. The zero-order valence-electron chi connectivity index (χ0n) is 9.61. The smallest absolute Gasteiger partial charge is 0.0730 e. The van der Waals surface area contributed by atoms with E-state index in [4.69, 9.17) is 0 Å². The normalized spacial score (nSPS) is 10.9. The van der Waals surface area contributed by atoms with E-state index in [1.165, 1.54) is 46.5 Å². The Morgan fingerprint density at radius 3 is 2.73 bits per heavy atom. The molecule has 86 valence electrons. The van der Waals surface area contributed by atoms with Crippen molar-refractivity contribution in [3.05, 3.63) is 20.3 Å². The lowest BCUT2D eigenvalue weighted by Crippen LogP contribution is -2.15. The zero-order valence-corrected chi connectivity index (χ0v) is 12.0. The fourth-order valence-corrected chi connectivity index (χ4v) is 3.17. The van der Waals surface area contributed by atoms with Gasteiger partial charge in [0.1, 0.15) is 0 Å². The molecule has 0 aromatic carbocycles. The van der Waals surface area contributed by atoms with Crippen LogP contribution < -0.4 is 5.32 Å². The number of aryl methyl sites for hydroxylation is 2. The number of rotatable bonds is 7. The van der Waals surface area contributed by atoms with E-state index in [-0.39, 0.29) is 0 Å². The third-order valence-electron chi connectivity index (χ3n) is 2.36. The lowest BCUT2D eigenvalue weighted by molar-refractivity contribution is 0.618. The van der Waals surface area contributed by atoms with Crippen LogP contribution in [0, 0.1) is 6.92 Å². The third kappa shape index (κ3) is 5.14. The summed E-state index contributed by atoms with van der Waals surface area (Å²) in [4.78, 5) is 1.51. The minimum atomic E-state index is 1.16. The molecule has 0 atom stereocenters. The van der Waals surface area contributed by atoms with Crippen LogP contribution in [0.3, 0.4) is 0 Å². The van der Waals surface area contributed by atoms with Gasteiger partial charge in [0.15, 0.2) is 0 Å². The molecule has 0 saturated heterocycles. The molecule has 3 heteroatoms. The van der Waals surface area contributed by atoms with Crippen molar-refractivity contribution in [3.8, 4) is 0 Å². The zero-order chi connectivity index (χ0) is 11.1. The van der Waals surface area contributed by atoms with Crippen LogP contribution in [0.1, 0.15) is 36.6 Å². The first-order valence-electron chi connectivity index (χ1n) is 5.69. The summed E-state index contributed by atoms with van der Waals surface area (Å²) in [5, 5.41) is 3.43. The Hall–Kier alpha value is 0.140. The van der Waals surface area contributed by atoms with Gasteiger partial charge in [0.05, 0.1) is 3.79 Å². The Kier molecular flexibility index (Phi) is 6.53. The fourth-order valence-electron chi connectivity index (χ4n) is 1.50. The van der Waals surface area contributed by atoms with Crippen molar-refractivity contribution in [3.63, 3.8) is 0 Å². The predicted molar refractivity (Wildman–Crippen MR) is 72.9 cm³/mol. The second-order valence-electron chi connectivity index (χ2n) is 3.88. The summed E-state index contributed by atoms with van der Waals surface area (Å²) >= 11 is 5.44. The van der Waals surface area contributed by atoms with E-state index < -0.39 is 0 Å². The van der Waals surface area contributed by atoms with Crippen LogP contribution in [-0.4, -0.2) is 13.1 Å². The van der Waals surface area contributed by atoms with Crippen LogP contribution in [0.4, 0.5) is 0 Å². The van der Waals surface area contributed by atoms with E-state index in [2.05, 4.69) is 41.2 Å². The Bertz CT molecular complexity index is 264. The number of thiophene rings is 1. The third-order valence-corrected chi connectivity index (χ3v) is 4.56. The topological polar surface area (TPSA) is 12.0 Å². The summed E-state index contributed by atoms with van der Waals surface area (Å²) in [6, 6.07) is 2.30. The van der Waals surface area contributed by atoms with Gasteiger partial charge in [-0.15, -0.1) is 11.3 Å². The van der Waals surface area contributed by atoms with Gasteiger partial charge in [-0.1, -0.05) is 6.92 Å². The van der Waals surface area contributed by atoms with E-state index in [0.29, 0.717) is 0 Å². The molecule has 1 rings (SSSR count). The lowest BCUT2D eigenvalue weighted by Gasteiger charge is -2.01. The molecule has 0 aliphatic carbocycles. The highest BCUT2D eigenvalue weighted by atomic mass is 79.9. The van der Waals surface area contributed by atoms with Gasteiger partial charge < -0.3 is 5.32 Å². The van der Waals surface area contributed by atoms with Crippen molar-refractivity contribution in [2.24, 2.45) is 0 Å². The number of unbranched alkanes of at least 4 members (excludes halogenated alkanes) is 1. The summed E-state index contributed by atoms with van der Waals surface area (Å²) in [7, 11) is 0. The molecule has 1 N–H and O–H groups in total. The average molecular weight is 290 g/mol. The van der Waals surface area contributed by atoms with E-state index in [1.807, 2.05) is 11.3 Å². The van der Waals surface area contributed by atoms with Crippen molar-refractivity contribution in [1.29, 1.82) is 0 Å². The molecule has 0 aliphatic heterocycles. The monoisotopic (exact) mass is 289 g/mol. The minimum Gasteiger partial charge on any atom is -0.317 e. The molecule has 0 aliphatic rings. The minimum absolute atomic E-state index is 1.16. The summed E-state index contributed by atoms with van der Waals surface area (Å²) in [6.07, 6.45) is 5.04. The van der Waals surface area contributed by atoms with Crippen molar-refractivity contribution in [2.45, 2.75) is 39.5 Å². The van der Waals surface area contributed by atoms with Gasteiger partial charge in [-0.25, -0.2) is 0 Å².